The van der Waals surface area contributed by atoms with Gasteiger partial charge in [0, 0.05) is 69.5 Å². The second-order valence-corrected chi connectivity index (χ2v) is 14.0. The van der Waals surface area contributed by atoms with E-state index in [0.29, 0.717) is 0 Å². The molecule has 10 nitrogen and oxygen atoms in total. The van der Waals surface area contributed by atoms with Crippen LogP contribution >= 0.6 is 0 Å². The summed E-state index contributed by atoms with van der Waals surface area (Å²) in [4.78, 5) is 36.6. The first-order valence-corrected chi connectivity index (χ1v) is 19.0. The topological polar surface area (TPSA) is 151 Å². The average molecular weight is 862 g/mol. The van der Waals surface area contributed by atoms with Crippen molar-refractivity contribution in [3.8, 4) is 11.1 Å². The van der Waals surface area contributed by atoms with Crippen LogP contribution in [0.25, 0.3) is 110 Å². The second kappa shape index (κ2) is 16.0. The summed E-state index contributed by atoms with van der Waals surface area (Å²) < 4.78 is 0. The maximum Gasteiger partial charge on any atom is 2.00 e. The molecule has 7 aromatic heterocycles. The van der Waals surface area contributed by atoms with Crippen LogP contribution < -0.4 is 0 Å². The fraction of sp³-hybridized carbons (Fsp3) is 0.0204. The molecule has 0 bridgehead atoms. The normalized spacial score (nSPS) is 11.1. The fourth-order valence-corrected chi connectivity index (χ4v) is 7.59. The Morgan fingerprint density at radius 2 is 0.783 bits per heavy atom. The summed E-state index contributed by atoms with van der Waals surface area (Å²) in [5.41, 5.74) is 27.9. The predicted molar refractivity (Wildman–Crippen MR) is 240 cm³/mol. The van der Waals surface area contributed by atoms with E-state index in [1.807, 2.05) is 73.7 Å². The predicted octanol–water partition coefficient (Wildman–Crippen LogP) is 12.8. The molecular formula is C49H32N10Ru. The Hall–Kier alpha value is -7.62. The SMILES string of the molecule is Cc1c(-c2ccc([NH-])c([NH-])c2)ccc2nc3c4cccnc4c4ncccc4c3nc12.[Ru+2].c1cnc2c(c1)ccc1cccnc12.c1cnc2c(c1)ccc1cccnc12. The fourth-order valence-electron chi connectivity index (χ4n) is 7.59. The van der Waals surface area contributed by atoms with E-state index in [9.17, 15) is 0 Å². The first kappa shape index (κ1) is 37.9. The first-order chi connectivity index (χ1) is 29.0. The van der Waals surface area contributed by atoms with Gasteiger partial charge in [0.15, 0.2) is 0 Å². The molecule has 0 unspecified atom stereocenters. The van der Waals surface area contributed by atoms with Gasteiger partial charge in [0.05, 0.1) is 55.2 Å². The van der Waals surface area contributed by atoms with Crippen molar-refractivity contribution in [2.75, 3.05) is 0 Å². The maximum atomic E-state index is 7.99. The van der Waals surface area contributed by atoms with Gasteiger partial charge in [-0.25, -0.2) is 9.97 Å². The van der Waals surface area contributed by atoms with Gasteiger partial charge in [-0.05, 0) is 78.2 Å². The van der Waals surface area contributed by atoms with Crippen molar-refractivity contribution in [3.63, 3.8) is 0 Å². The third-order valence-electron chi connectivity index (χ3n) is 10.5. The van der Waals surface area contributed by atoms with Crippen LogP contribution in [0.15, 0.2) is 165 Å². The van der Waals surface area contributed by atoms with Crippen LogP contribution in [0.4, 0.5) is 11.4 Å². The number of nitrogens with zero attached hydrogens (tertiary/aromatic N) is 8. The third-order valence-corrected chi connectivity index (χ3v) is 10.5. The Labute approximate surface area is 356 Å². The van der Waals surface area contributed by atoms with E-state index in [2.05, 4.69) is 78.4 Å². The number of benzene rings is 5. The standard InChI is InChI=1S/C25H16N6.2C12H8N2.Ru/c1-13-15(14-6-8-18(26)19(27)12-14)7-9-20-21(13)31-25-17-5-3-11-29-23(17)22-16(24(25)30-20)4-2-10-28-22;2*1-3-9-5-6-10-4-2-8-14-12(10)11(9)13-7-1;/h2-12,26-27H,1H3;2*1-8H;/q-2;;;+2. The van der Waals surface area contributed by atoms with Crippen LogP contribution in [0, 0.1) is 6.92 Å². The monoisotopic (exact) mass is 862 g/mol. The molecule has 12 rings (SSSR count). The van der Waals surface area contributed by atoms with Crippen LogP contribution in [0.3, 0.4) is 0 Å². The van der Waals surface area contributed by atoms with Crippen LogP contribution in [0.2, 0.25) is 0 Å². The molecule has 0 amide bonds. The maximum absolute atomic E-state index is 7.99. The Morgan fingerprint density at radius 1 is 0.367 bits per heavy atom. The molecule has 0 saturated heterocycles. The molecule has 2 N–H and O–H groups in total. The van der Waals surface area contributed by atoms with Gasteiger partial charge in [0.2, 0.25) is 0 Å². The molecule has 5 aromatic carbocycles. The summed E-state index contributed by atoms with van der Waals surface area (Å²) in [6.07, 6.45) is 10.8. The third kappa shape index (κ3) is 6.80. The minimum absolute atomic E-state index is 0. The van der Waals surface area contributed by atoms with Gasteiger partial charge in [-0.1, -0.05) is 72.8 Å². The molecule has 7 heterocycles. The van der Waals surface area contributed by atoms with Crippen LogP contribution in [0.5, 0.6) is 0 Å². The zero-order valence-corrected chi connectivity index (χ0v) is 33.8. The molecule has 0 radical (unpaired) electrons. The van der Waals surface area contributed by atoms with Gasteiger partial charge in [0.1, 0.15) is 0 Å². The number of hydrogen-bond donors (Lipinski definition) is 0. The van der Waals surface area contributed by atoms with E-state index in [1.54, 1.807) is 49.3 Å². The first-order valence-electron chi connectivity index (χ1n) is 19.0. The summed E-state index contributed by atoms with van der Waals surface area (Å²) >= 11 is 0. The minimum atomic E-state index is 0. The zero-order chi connectivity index (χ0) is 39.9. The van der Waals surface area contributed by atoms with Crippen molar-refractivity contribution in [1.29, 1.82) is 0 Å². The van der Waals surface area contributed by atoms with Gasteiger partial charge < -0.3 is 11.5 Å². The Balaban J connectivity index is 0.000000132. The summed E-state index contributed by atoms with van der Waals surface area (Å²) in [6.45, 7) is 2.03. The summed E-state index contributed by atoms with van der Waals surface area (Å²) in [5, 5.41) is 6.41. The molecule has 0 fully saturated rings. The summed E-state index contributed by atoms with van der Waals surface area (Å²) in [6, 6.07) is 41.4. The van der Waals surface area contributed by atoms with Crippen molar-refractivity contribution in [2.45, 2.75) is 6.92 Å². The molecule has 12 aromatic rings. The van der Waals surface area contributed by atoms with Crippen molar-refractivity contribution >= 4 is 98.9 Å². The average Bonchev–Trinajstić information content (AvgIpc) is 3.30. The molecule has 286 valence electrons. The van der Waals surface area contributed by atoms with E-state index in [1.165, 1.54) is 0 Å². The molecule has 0 atom stereocenters. The number of fused-ring (bicyclic) bond motifs is 13. The van der Waals surface area contributed by atoms with Gasteiger partial charge >= 0.3 is 19.5 Å². The second-order valence-electron chi connectivity index (χ2n) is 14.0. The molecule has 0 aliphatic rings. The molecular weight excluding hydrogens is 830 g/mol. The van der Waals surface area contributed by atoms with Crippen molar-refractivity contribution in [2.24, 2.45) is 0 Å². The van der Waals surface area contributed by atoms with E-state index < -0.39 is 0 Å². The zero-order valence-electron chi connectivity index (χ0n) is 32.0. The molecule has 0 aliphatic carbocycles. The van der Waals surface area contributed by atoms with Gasteiger partial charge in [-0.2, -0.15) is 11.4 Å². The number of rotatable bonds is 1. The number of aryl methyl sites for hydroxylation is 1. The Bertz CT molecular complexity index is 3360. The van der Waals surface area contributed by atoms with E-state index in [4.69, 9.17) is 21.4 Å². The molecule has 11 heteroatoms. The smallest absolute Gasteiger partial charge is 0.700 e. The number of aromatic nitrogens is 8. The van der Waals surface area contributed by atoms with E-state index in [-0.39, 0.29) is 30.9 Å². The van der Waals surface area contributed by atoms with Crippen LogP contribution in [-0.4, -0.2) is 39.9 Å². The Morgan fingerprint density at radius 3 is 1.23 bits per heavy atom. The van der Waals surface area contributed by atoms with E-state index >= 15 is 0 Å². The number of hydrogen-bond acceptors (Lipinski definition) is 8. The summed E-state index contributed by atoms with van der Waals surface area (Å²) in [7, 11) is 0. The molecule has 0 saturated carbocycles. The Kier molecular flexibility index (Phi) is 10.1. The van der Waals surface area contributed by atoms with Gasteiger partial charge in [-0.15, -0.1) is 0 Å². The van der Waals surface area contributed by atoms with E-state index in [0.717, 1.165) is 104 Å². The minimum Gasteiger partial charge on any atom is -0.700 e. The number of nitrogens with one attached hydrogen (secondary N) is 2. The molecule has 60 heavy (non-hydrogen) atoms. The van der Waals surface area contributed by atoms with Crippen LogP contribution in [-0.2, 0) is 19.5 Å². The van der Waals surface area contributed by atoms with Crippen molar-refractivity contribution < 1.29 is 19.5 Å². The number of pyridine rings is 6. The van der Waals surface area contributed by atoms with Crippen molar-refractivity contribution in [3.05, 3.63) is 182 Å². The van der Waals surface area contributed by atoms with Gasteiger partial charge in [0.25, 0.3) is 0 Å². The van der Waals surface area contributed by atoms with Crippen molar-refractivity contribution in [1.82, 2.24) is 39.9 Å². The molecule has 0 spiro atoms. The van der Waals surface area contributed by atoms with Crippen LogP contribution in [0.1, 0.15) is 5.56 Å². The molecule has 0 aliphatic heterocycles. The summed E-state index contributed by atoms with van der Waals surface area (Å²) in [5.74, 6) is 0. The quantitative estimate of drug-likeness (QED) is 0.0899. The van der Waals surface area contributed by atoms with Gasteiger partial charge in [-0.3, -0.25) is 29.9 Å². The largest absolute Gasteiger partial charge is 2.00 e.